The lowest BCUT2D eigenvalue weighted by Gasteiger charge is -2.33. The van der Waals surface area contributed by atoms with E-state index in [-0.39, 0.29) is 35.9 Å². The van der Waals surface area contributed by atoms with Crippen molar-refractivity contribution in [2.75, 3.05) is 19.6 Å². The molecule has 2 aliphatic rings. The average molecular weight is 513 g/mol. The number of carbonyl (C=O) groups excluding carboxylic acids is 1. The summed E-state index contributed by atoms with van der Waals surface area (Å²) in [7, 11) is 0. The number of hydrogen-bond acceptors (Lipinski definition) is 2. The lowest BCUT2D eigenvalue weighted by atomic mass is 9.89. The van der Waals surface area contributed by atoms with Crippen LogP contribution in [-0.4, -0.2) is 30.4 Å². The molecule has 2 aromatic rings. The van der Waals surface area contributed by atoms with Gasteiger partial charge < -0.3 is 10.2 Å². The number of alkyl halides is 6. The van der Waals surface area contributed by atoms with Gasteiger partial charge in [-0.1, -0.05) is 30.3 Å². The Morgan fingerprint density at radius 1 is 0.889 bits per heavy atom. The highest BCUT2D eigenvalue weighted by atomic mass is 19.4. The van der Waals surface area contributed by atoms with Crippen LogP contribution in [0.5, 0.6) is 0 Å². The third-order valence-corrected chi connectivity index (χ3v) is 7.26. The minimum Gasteiger partial charge on any atom is -0.352 e. The van der Waals surface area contributed by atoms with Gasteiger partial charge in [0.25, 0.3) is 0 Å². The normalized spacial score (nSPS) is 18.7. The Morgan fingerprint density at radius 3 is 2.00 bits per heavy atom. The van der Waals surface area contributed by atoms with Crippen molar-refractivity contribution in [3.05, 3.63) is 70.8 Å². The zero-order valence-electron chi connectivity index (χ0n) is 19.8. The Balaban J connectivity index is 1.32. The van der Waals surface area contributed by atoms with Crippen LogP contribution in [0.15, 0.2) is 48.5 Å². The highest BCUT2D eigenvalue weighted by Crippen LogP contribution is 2.40. The summed E-state index contributed by atoms with van der Waals surface area (Å²) >= 11 is 0. The van der Waals surface area contributed by atoms with E-state index in [2.05, 4.69) is 22.3 Å². The van der Waals surface area contributed by atoms with Crippen LogP contribution in [0.25, 0.3) is 0 Å². The maximum absolute atomic E-state index is 13.1. The van der Waals surface area contributed by atoms with E-state index < -0.39 is 23.5 Å². The maximum Gasteiger partial charge on any atom is 0.416 e. The molecule has 0 aromatic heterocycles. The number of rotatable bonds is 8. The number of nitrogens with zero attached hydrogens (tertiary/aromatic N) is 1. The highest BCUT2D eigenvalue weighted by molar-refractivity contribution is 5.79. The number of likely N-dealkylation sites (tertiary alicyclic amines) is 1. The molecule has 1 saturated carbocycles. The molecule has 0 bridgehead atoms. The molecule has 0 unspecified atom stereocenters. The zero-order valence-corrected chi connectivity index (χ0v) is 19.8. The number of nitrogens with one attached hydrogen (secondary N) is 1. The van der Waals surface area contributed by atoms with Crippen LogP contribution in [0.2, 0.25) is 0 Å². The first-order chi connectivity index (χ1) is 17.0. The molecule has 1 N–H and O–H groups in total. The van der Waals surface area contributed by atoms with Gasteiger partial charge in [-0.05, 0) is 92.9 Å². The second-order valence-corrected chi connectivity index (χ2v) is 9.89. The summed E-state index contributed by atoms with van der Waals surface area (Å²) in [6, 6.07) is 11.8. The van der Waals surface area contributed by atoms with Crippen LogP contribution in [0.3, 0.4) is 0 Å². The van der Waals surface area contributed by atoms with E-state index >= 15 is 0 Å². The van der Waals surface area contributed by atoms with E-state index in [0.29, 0.717) is 24.5 Å². The van der Waals surface area contributed by atoms with Gasteiger partial charge in [0.05, 0.1) is 11.1 Å². The van der Waals surface area contributed by atoms with Crippen LogP contribution >= 0.6 is 0 Å². The van der Waals surface area contributed by atoms with Gasteiger partial charge in [0, 0.05) is 12.5 Å². The van der Waals surface area contributed by atoms with Gasteiger partial charge in [-0.2, -0.15) is 26.3 Å². The van der Waals surface area contributed by atoms with Gasteiger partial charge in [-0.15, -0.1) is 0 Å². The first-order valence-corrected chi connectivity index (χ1v) is 12.3. The van der Waals surface area contributed by atoms with Gasteiger partial charge >= 0.3 is 12.4 Å². The van der Waals surface area contributed by atoms with Gasteiger partial charge in [0.2, 0.25) is 5.91 Å². The third-order valence-electron chi connectivity index (χ3n) is 7.26. The fourth-order valence-corrected chi connectivity index (χ4v) is 5.06. The van der Waals surface area contributed by atoms with E-state index in [1.165, 1.54) is 5.56 Å². The molecule has 9 heteroatoms. The van der Waals surface area contributed by atoms with Crippen LogP contribution in [-0.2, 0) is 23.7 Å². The second kappa shape index (κ2) is 10.8. The molecule has 0 spiro atoms. The van der Waals surface area contributed by atoms with E-state index in [0.717, 1.165) is 45.3 Å². The molecule has 1 atom stereocenters. The first kappa shape index (κ1) is 26.5. The molecule has 1 amide bonds. The summed E-state index contributed by atoms with van der Waals surface area (Å²) in [5.74, 6) is 0.158. The molecule has 0 radical (unpaired) electrons. The van der Waals surface area contributed by atoms with Crippen molar-refractivity contribution in [3.63, 3.8) is 0 Å². The zero-order chi connectivity index (χ0) is 25.9. The van der Waals surface area contributed by atoms with Crippen molar-refractivity contribution in [3.8, 4) is 0 Å². The number of halogens is 6. The summed E-state index contributed by atoms with van der Waals surface area (Å²) in [5.41, 5.74) is -1.63. The molecule has 2 fully saturated rings. The molecule has 4 rings (SSSR count). The Hall–Kier alpha value is -2.55. The average Bonchev–Trinajstić information content (AvgIpc) is 3.68. The molecule has 1 aliphatic heterocycles. The quantitative estimate of drug-likeness (QED) is 0.403. The minimum absolute atomic E-state index is 0.0965. The lowest BCUT2D eigenvalue weighted by Crippen LogP contribution is -2.37. The van der Waals surface area contributed by atoms with Crippen LogP contribution < -0.4 is 5.32 Å². The van der Waals surface area contributed by atoms with Gasteiger partial charge in [0.1, 0.15) is 0 Å². The van der Waals surface area contributed by atoms with Crippen LogP contribution in [0, 0.1) is 11.8 Å². The molecule has 1 heterocycles. The van der Waals surface area contributed by atoms with E-state index in [1.807, 2.05) is 18.2 Å². The lowest BCUT2D eigenvalue weighted by molar-refractivity contribution is -0.143. The van der Waals surface area contributed by atoms with E-state index in [1.54, 1.807) is 0 Å². The second-order valence-electron chi connectivity index (χ2n) is 9.89. The first-order valence-electron chi connectivity index (χ1n) is 12.3. The monoisotopic (exact) mass is 512 g/mol. The van der Waals surface area contributed by atoms with Crippen LogP contribution in [0.4, 0.5) is 26.3 Å². The number of carbonyl (C=O) groups is 1. The van der Waals surface area contributed by atoms with Crippen molar-refractivity contribution in [1.82, 2.24) is 10.2 Å². The summed E-state index contributed by atoms with van der Waals surface area (Å²) in [6.45, 7) is 2.24. The number of piperidine rings is 1. The third kappa shape index (κ3) is 7.02. The van der Waals surface area contributed by atoms with E-state index in [9.17, 15) is 31.1 Å². The van der Waals surface area contributed by atoms with Crippen molar-refractivity contribution in [2.45, 2.75) is 56.9 Å². The molecule has 1 aliphatic carbocycles. The van der Waals surface area contributed by atoms with Crippen molar-refractivity contribution in [2.24, 2.45) is 11.8 Å². The van der Waals surface area contributed by atoms with Crippen molar-refractivity contribution in [1.29, 1.82) is 0 Å². The smallest absolute Gasteiger partial charge is 0.352 e. The summed E-state index contributed by atoms with van der Waals surface area (Å²) in [5, 5.41) is 2.60. The standard InChI is InChI=1S/C27H30F6N2O/c28-26(29,30)22-14-18(15-23(16-22)27(31,32)33)17-34-25(36)24(21-6-7-21)10-13-35-11-8-20(9-12-35)19-4-2-1-3-5-19/h1-5,14-16,20-21,24H,6-13,17H2,(H,34,36)/t24-/m0/s1. The van der Waals surface area contributed by atoms with Crippen molar-refractivity contribution < 1.29 is 31.1 Å². The number of benzene rings is 2. The molecule has 1 saturated heterocycles. The SMILES string of the molecule is O=C(NCc1cc(C(F)(F)F)cc(C(F)(F)F)c1)[C@@H](CCN1CCC(c2ccccc2)CC1)C1CC1. The fraction of sp³-hybridized carbons (Fsp3) is 0.519. The Bertz CT molecular complexity index is 993. The molecule has 36 heavy (non-hydrogen) atoms. The Kier molecular flexibility index (Phi) is 7.97. The summed E-state index contributed by atoms with van der Waals surface area (Å²) < 4.78 is 78.7. The predicted molar refractivity (Wildman–Crippen MR) is 124 cm³/mol. The molecular weight excluding hydrogens is 482 g/mol. The maximum atomic E-state index is 13.1. The fourth-order valence-electron chi connectivity index (χ4n) is 5.06. The number of amides is 1. The van der Waals surface area contributed by atoms with Gasteiger partial charge in [0.15, 0.2) is 0 Å². The Labute approximate surface area is 206 Å². The van der Waals surface area contributed by atoms with Crippen molar-refractivity contribution >= 4 is 5.91 Å². The predicted octanol–water partition coefficient (Wildman–Crippen LogP) is 6.64. The minimum atomic E-state index is -4.91. The molecular formula is C27H30F6N2O. The van der Waals surface area contributed by atoms with E-state index in [4.69, 9.17) is 0 Å². The summed E-state index contributed by atoms with van der Waals surface area (Å²) in [6.07, 6.45) is -5.29. The molecule has 3 nitrogen and oxygen atoms in total. The summed E-state index contributed by atoms with van der Waals surface area (Å²) in [4.78, 5) is 15.2. The van der Waals surface area contributed by atoms with Crippen LogP contribution in [0.1, 0.15) is 60.3 Å². The number of hydrogen-bond donors (Lipinski definition) is 1. The largest absolute Gasteiger partial charge is 0.416 e. The van der Waals surface area contributed by atoms with Gasteiger partial charge in [-0.3, -0.25) is 4.79 Å². The topological polar surface area (TPSA) is 32.3 Å². The highest BCUT2D eigenvalue weighted by Gasteiger charge is 2.38. The van der Waals surface area contributed by atoms with Gasteiger partial charge in [-0.25, -0.2) is 0 Å². The molecule has 2 aromatic carbocycles. The Morgan fingerprint density at radius 2 is 1.47 bits per heavy atom. The molecule has 196 valence electrons.